The van der Waals surface area contributed by atoms with Gasteiger partial charge in [-0.1, -0.05) is 18.5 Å². The molecule has 0 saturated carbocycles. The number of anilines is 1. The summed E-state index contributed by atoms with van der Waals surface area (Å²) in [5, 5.41) is 3.10. The number of aromatic nitrogens is 3. The lowest BCUT2D eigenvalue weighted by atomic mass is 10.2. The first kappa shape index (κ1) is 17.8. The molecule has 8 heteroatoms. The molecule has 0 spiro atoms. The summed E-state index contributed by atoms with van der Waals surface area (Å²) < 4.78 is 18.9. The van der Waals surface area contributed by atoms with Crippen LogP contribution in [-0.2, 0) is 6.42 Å². The lowest BCUT2D eigenvalue weighted by Crippen LogP contribution is -2.15. The maximum atomic E-state index is 13.3. The molecule has 0 unspecified atom stereocenters. The van der Waals surface area contributed by atoms with Gasteiger partial charge in [-0.15, -0.1) is 0 Å². The molecule has 6 nitrogen and oxygen atoms in total. The minimum Gasteiger partial charge on any atom is -0.455 e. The number of hydrogen-bond acceptors (Lipinski definition) is 5. The van der Waals surface area contributed by atoms with Crippen LogP contribution in [0.2, 0.25) is 5.02 Å². The first-order valence-electron chi connectivity index (χ1n) is 7.76. The first-order chi connectivity index (χ1) is 12.5. The Morgan fingerprint density at radius 1 is 1.19 bits per heavy atom. The molecule has 26 heavy (non-hydrogen) atoms. The smallest absolute Gasteiger partial charge is 0.275 e. The van der Waals surface area contributed by atoms with E-state index in [2.05, 4.69) is 20.3 Å². The van der Waals surface area contributed by atoms with Crippen molar-refractivity contribution in [1.29, 1.82) is 0 Å². The number of halogens is 2. The van der Waals surface area contributed by atoms with Crippen molar-refractivity contribution in [3.63, 3.8) is 0 Å². The van der Waals surface area contributed by atoms with Crippen LogP contribution in [0.4, 0.5) is 10.2 Å². The van der Waals surface area contributed by atoms with E-state index >= 15 is 0 Å². The maximum absolute atomic E-state index is 13.3. The second-order valence-electron chi connectivity index (χ2n) is 5.29. The van der Waals surface area contributed by atoms with Crippen molar-refractivity contribution in [3.05, 3.63) is 71.2 Å². The Balaban J connectivity index is 1.84. The minimum atomic E-state index is -0.515. The van der Waals surface area contributed by atoms with Gasteiger partial charge in [-0.2, -0.15) is 0 Å². The van der Waals surface area contributed by atoms with Crippen molar-refractivity contribution in [2.24, 2.45) is 0 Å². The molecule has 3 aromatic heterocycles. The number of pyridine rings is 3. The zero-order chi connectivity index (χ0) is 18.5. The van der Waals surface area contributed by atoms with Crippen LogP contribution in [0.5, 0.6) is 11.5 Å². The molecule has 0 aliphatic carbocycles. The van der Waals surface area contributed by atoms with E-state index in [0.717, 1.165) is 6.20 Å². The monoisotopic (exact) mass is 372 g/mol. The Labute approximate surface area is 154 Å². The van der Waals surface area contributed by atoms with Crippen molar-refractivity contribution in [2.45, 2.75) is 13.3 Å². The number of carbonyl (C=O) groups excluding carboxylic acids is 1. The molecule has 0 aliphatic heterocycles. The Morgan fingerprint density at radius 2 is 2.04 bits per heavy atom. The third kappa shape index (κ3) is 4.52. The molecule has 132 valence electrons. The van der Waals surface area contributed by atoms with Crippen LogP contribution in [0.3, 0.4) is 0 Å². The minimum absolute atomic E-state index is 0.153. The highest BCUT2D eigenvalue weighted by molar-refractivity contribution is 6.30. The molecule has 0 saturated heterocycles. The molecule has 0 aliphatic rings. The zero-order valence-corrected chi connectivity index (χ0v) is 14.5. The standard InChI is InChI=1S/C18H14ClFN4O2/c1-2-13-6-14(26-15-5-12(20)9-21-10-15)7-16(23-13)18(25)24-17-4-3-11(19)8-22-17/h3-10H,2H2,1H3,(H,22,24,25). The van der Waals surface area contributed by atoms with Crippen LogP contribution in [0, 0.1) is 5.82 Å². The molecule has 0 atom stereocenters. The highest BCUT2D eigenvalue weighted by Crippen LogP contribution is 2.23. The largest absolute Gasteiger partial charge is 0.455 e. The van der Waals surface area contributed by atoms with E-state index in [9.17, 15) is 9.18 Å². The van der Waals surface area contributed by atoms with E-state index in [1.807, 2.05) is 6.92 Å². The lowest BCUT2D eigenvalue weighted by molar-refractivity contribution is 0.102. The lowest BCUT2D eigenvalue weighted by Gasteiger charge is -2.10. The Hall–Kier alpha value is -3.06. The Morgan fingerprint density at radius 3 is 2.73 bits per heavy atom. The average molecular weight is 373 g/mol. The van der Waals surface area contributed by atoms with Crippen LogP contribution in [0.15, 0.2) is 48.9 Å². The van der Waals surface area contributed by atoms with E-state index in [4.69, 9.17) is 16.3 Å². The molecule has 3 heterocycles. The van der Waals surface area contributed by atoms with Gasteiger partial charge in [0, 0.05) is 30.1 Å². The fraction of sp³-hybridized carbons (Fsp3) is 0.111. The van der Waals surface area contributed by atoms with Crippen molar-refractivity contribution < 1.29 is 13.9 Å². The number of ether oxygens (including phenoxy) is 1. The van der Waals surface area contributed by atoms with E-state index in [0.29, 0.717) is 28.7 Å². The molecule has 0 fully saturated rings. The third-order valence-electron chi connectivity index (χ3n) is 3.33. The maximum Gasteiger partial charge on any atom is 0.275 e. The van der Waals surface area contributed by atoms with Gasteiger partial charge in [-0.3, -0.25) is 9.78 Å². The number of aryl methyl sites for hydroxylation is 1. The zero-order valence-electron chi connectivity index (χ0n) is 13.7. The number of hydrogen-bond donors (Lipinski definition) is 1. The number of carbonyl (C=O) groups is 1. The van der Waals surface area contributed by atoms with Gasteiger partial charge < -0.3 is 10.1 Å². The average Bonchev–Trinajstić information content (AvgIpc) is 2.63. The summed E-state index contributed by atoms with van der Waals surface area (Å²) in [6.07, 6.45) is 4.48. The van der Waals surface area contributed by atoms with Gasteiger partial charge >= 0.3 is 0 Å². The van der Waals surface area contributed by atoms with E-state index < -0.39 is 11.7 Å². The molecular weight excluding hydrogens is 359 g/mol. The van der Waals surface area contributed by atoms with E-state index in [1.165, 1.54) is 24.5 Å². The summed E-state index contributed by atoms with van der Waals surface area (Å²) in [6.45, 7) is 1.90. The predicted octanol–water partition coefficient (Wildman–Crippen LogP) is 4.27. The van der Waals surface area contributed by atoms with Crippen LogP contribution in [-0.4, -0.2) is 20.9 Å². The van der Waals surface area contributed by atoms with Crippen LogP contribution in [0.25, 0.3) is 0 Å². The molecule has 0 bridgehead atoms. The van der Waals surface area contributed by atoms with Gasteiger partial charge in [0.1, 0.15) is 28.8 Å². The van der Waals surface area contributed by atoms with Crippen molar-refractivity contribution in [2.75, 3.05) is 5.32 Å². The van der Waals surface area contributed by atoms with Gasteiger partial charge in [-0.05, 0) is 18.6 Å². The topological polar surface area (TPSA) is 77.0 Å². The molecule has 1 N–H and O–H groups in total. The second kappa shape index (κ2) is 7.88. The molecule has 3 aromatic rings. The van der Waals surface area contributed by atoms with Crippen molar-refractivity contribution >= 4 is 23.3 Å². The predicted molar refractivity (Wildman–Crippen MR) is 95.1 cm³/mol. The molecule has 0 aromatic carbocycles. The van der Waals surface area contributed by atoms with Crippen LogP contribution < -0.4 is 10.1 Å². The number of rotatable bonds is 5. The highest BCUT2D eigenvalue weighted by Gasteiger charge is 2.13. The van der Waals surface area contributed by atoms with Crippen molar-refractivity contribution in [1.82, 2.24) is 15.0 Å². The van der Waals surface area contributed by atoms with E-state index in [1.54, 1.807) is 18.2 Å². The SMILES string of the molecule is CCc1cc(Oc2cncc(F)c2)cc(C(=O)Nc2ccc(Cl)cn2)n1. The number of amides is 1. The van der Waals surface area contributed by atoms with E-state index in [-0.39, 0.29) is 11.4 Å². The second-order valence-corrected chi connectivity index (χ2v) is 5.73. The summed E-state index contributed by atoms with van der Waals surface area (Å²) >= 11 is 5.78. The molecule has 3 rings (SSSR count). The first-order valence-corrected chi connectivity index (χ1v) is 8.13. The Bertz CT molecular complexity index is 935. The fourth-order valence-corrected chi connectivity index (χ4v) is 2.24. The van der Waals surface area contributed by atoms with Crippen LogP contribution >= 0.6 is 11.6 Å². The van der Waals surface area contributed by atoms with Gasteiger partial charge in [0.05, 0.1) is 17.4 Å². The fourth-order valence-electron chi connectivity index (χ4n) is 2.13. The van der Waals surface area contributed by atoms with Gasteiger partial charge in [0.2, 0.25) is 0 Å². The van der Waals surface area contributed by atoms with Crippen molar-refractivity contribution in [3.8, 4) is 11.5 Å². The number of nitrogens with zero attached hydrogens (tertiary/aromatic N) is 3. The quantitative estimate of drug-likeness (QED) is 0.723. The van der Waals surface area contributed by atoms with Crippen LogP contribution in [0.1, 0.15) is 23.1 Å². The number of nitrogens with one attached hydrogen (secondary N) is 1. The van der Waals surface area contributed by atoms with Gasteiger partial charge in [0.15, 0.2) is 0 Å². The molecule has 1 amide bonds. The summed E-state index contributed by atoms with van der Waals surface area (Å²) in [5.41, 5.74) is 0.807. The molecule has 0 radical (unpaired) electrons. The highest BCUT2D eigenvalue weighted by atomic mass is 35.5. The third-order valence-corrected chi connectivity index (χ3v) is 3.55. The summed E-state index contributed by atoms with van der Waals surface area (Å²) in [6, 6.07) is 7.55. The van der Waals surface area contributed by atoms with Gasteiger partial charge in [0.25, 0.3) is 5.91 Å². The summed E-state index contributed by atoms with van der Waals surface area (Å²) in [7, 11) is 0. The van der Waals surface area contributed by atoms with Gasteiger partial charge in [-0.25, -0.2) is 14.4 Å². The molecular formula is C18H14ClFN4O2. The Kier molecular flexibility index (Phi) is 5.38. The summed E-state index contributed by atoms with van der Waals surface area (Å²) in [4.78, 5) is 24.5. The normalized spacial score (nSPS) is 10.4. The summed E-state index contributed by atoms with van der Waals surface area (Å²) in [5.74, 6) is -0.0289.